The highest BCUT2D eigenvalue weighted by atomic mass is 32.1. The molecule has 0 aromatic carbocycles. The zero-order valence-electron chi connectivity index (χ0n) is 20.8. The fraction of sp³-hybridized carbons (Fsp3) is 0.400. The number of pyridine rings is 1. The maximum atomic E-state index is 13.2. The third-order valence-electron chi connectivity index (χ3n) is 6.59. The predicted molar refractivity (Wildman–Crippen MR) is 142 cm³/mol. The van der Waals surface area contributed by atoms with Crippen LogP contribution in [0.4, 0.5) is 11.4 Å². The van der Waals surface area contributed by atoms with Crippen LogP contribution in [0.15, 0.2) is 37.1 Å². The first-order chi connectivity index (χ1) is 17.9. The van der Waals surface area contributed by atoms with Gasteiger partial charge in [-0.25, -0.2) is 4.52 Å². The molecule has 4 aromatic heterocycles. The van der Waals surface area contributed by atoms with Crippen LogP contribution in [0.5, 0.6) is 0 Å². The summed E-state index contributed by atoms with van der Waals surface area (Å²) < 4.78 is 3.34. The van der Waals surface area contributed by atoms with Crippen LogP contribution in [0.2, 0.25) is 0 Å². The molecule has 0 unspecified atom stereocenters. The van der Waals surface area contributed by atoms with Crippen molar-refractivity contribution < 1.29 is 14.7 Å². The number of aromatic nitrogens is 5. The summed E-state index contributed by atoms with van der Waals surface area (Å²) in [7, 11) is 0. The second kappa shape index (κ2) is 10.8. The minimum atomic E-state index is -0.310. The van der Waals surface area contributed by atoms with Crippen molar-refractivity contribution in [3.63, 3.8) is 0 Å². The van der Waals surface area contributed by atoms with E-state index < -0.39 is 0 Å². The molecule has 5 rings (SSSR count). The molecule has 0 spiro atoms. The third-order valence-corrected chi connectivity index (χ3v) is 7.75. The van der Waals surface area contributed by atoms with Gasteiger partial charge in [-0.1, -0.05) is 6.42 Å². The van der Waals surface area contributed by atoms with Gasteiger partial charge < -0.3 is 15.7 Å². The number of nitrogens with zero attached hydrogens (tertiary/aromatic N) is 6. The quantitative estimate of drug-likeness (QED) is 0.324. The fourth-order valence-electron chi connectivity index (χ4n) is 4.49. The van der Waals surface area contributed by atoms with Crippen molar-refractivity contribution in [2.24, 2.45) is 0 Å². The Morgan fingerprint density at radius 3 is 2.84 bits per heavy atom. The van der Waals surface area contributed by atoms with Gasteiger partial charge in [0, 0.05) is 24.0 Å². The number of rotatable bonds is 8. The van der Waals surface area contributed by atoms with Gasteiger partial charge in [-0.3, -0.25) is 24.2 Å². The maximum absolute atomic E-state index is 13.2. The smallest absolute Gasteiger partial charge is 0.260 e. The second-order valence-corrected chi connectivity index (χ2v) is 10.3. The Morgan fingerprint density at radius 1 is 1.16 bits per heavy atom. The van der Waals surface area contributed by atoms with Crippen LogP contribution >= 0.6 is 11.3 Å². The maximum Gasteiger partial charge on any atom is 0.260 e. The van der Waals surface area contributed by atoms with Gasteiger partial charge in [-0.2, -0.15) is 10.2 Å². The standard InChI is InChI=1S/C25H30N8O3S/c1-16-5-3-4-6-31(16)15-23(35)29-19-9-21(17(2)26-11-19)30-24(36)20-12-28-33-14-22(37-25(20)33)18-10-27-32(13-18)7-8-34/h9-14,16,34H,3-8,15H2,1-2H3,(H,29,35)(H,30,36)/t16-/m1/s1. The number of fused-ring (bicyclic) bond motifs is 1. The lowest BCUT2D eigenvalue weighted by atomic mass is 10.0. The Morgan fingerprint density at radius 2 is 2.03 bits per heavy atom. The predicted octanol–water partition coefficient (Wildman–Crippen LogP) is 3.02. The number of aliphatic hydroxyl groups is 1. The molecule has 0 bridgehead atoms. The Balaban J connectivity index is 1.28. The van der Waals surface area contributed by atoms with Crippen molar-refractivity contribution in [1.82, 2.24) is 29.3 Å². The normalized spacial score (nSPS) is 16.2. The minimum absolute atomic E-state index is 0.00993. The molecule has 5 heterocycles. The Hall–Kier alpha value is -3.61. The molecule has 1 saturated heterocycles. The highest BCUT2D eigenvalue weighted by molar-refractivity contribution is 7.21. The molecular weight excluding hydrogens is 492 g/mol. The van der Waals surface area contributed by atoms with Crippen molar-refractivity contribution in [3.8, 4) is 10.4 Å². The Labute approximate surface area is 218 Å². The average molecular weight is 523 g/mol. The summed E-state index contributed by atoms with van der Waals surface area (Å²) in [5.41, 5.74) is 3.02. The van der Waals surface area contributed by atoms with Gasteiger partial charge in [0.2, 0.25) is 5.91 Å². The lowest BCUT2D eigenvalue weighted by Crippen LogP contribution is -2.42. The van der Waals surface area contributed by atoms with Gasteiger partial charge in [-0.05, 0) is 39.3 Å². The van der Waals surface area contributed by atoms with Crippen molar-refractivity contribution >= 4 is 39.4 Å². The van der Waals surface area contributed by atoms with Crippen LogP contribution in [-0.2, 0) is 11.3 Å². The molecule has 3 N–H and O–H groups in total. The number of hydrogen-bond acceptors (Lipinski definition) is 8. The van der Waals surface area contributed by atoms with E-state index in [1.165, 1.54) is 24.0 Å². The summed E-state index contributed by atoms with van der Waals surface area (Å²) in [6.07, 6.45) is 12.0. The van der Waals surface area contributed by atoms with Gasteiger partial charge in [0.15, 0.2) is 0 Å². The molecule has 0 aliphatic carbocycles. The zero-order valence-corrected chi connectivity index (χ0v) is 21.7. The third kappa shape index (κ3) is 5.55. The molecule has 2 amide bonds. The summed E-state index contributed by atoms with van der Waals surface area (Å²) in [6, 6.07) is 2.13. The van der Waals surface area contributed by atoms with Crippen LogP contribution in [0.1, 0.15) is 42.2 Å². The van der Waals surface area contributed by atoms with Gasteiger partial charge in [0.1, 0.15) is 4.83 Å². The van der Waals surface area contributed by atoms with Crippen LogP contribution < -0.4 is 10.6 Å². The van der Waals surface area contributed by atoms with Crippen molar-refractivity contribution in [3.05, 3.63) is 48.3 Å². The molecule has 1 fully saturated rings. The number of anilines is 2. The molecule has 11 nitrogen and oxygen atoms in total. The lowest BCUT2D eigenvalue weighted by molar-refractivity contribution is -0.118. The van der Waals surface area contributed by atoms with Gasteiger partial charge in [0.05, 0.1) is 65.8 Å². The summed E-state index contributed by atoms with van der Waals surface area (Å²) >= 11 is 1.43. The number of carbonyl (C=O) groups is 2. The van der Waals surface area contributed by atoms with Crippen LogP contribution in [0.25, 0.3) is 15.3 Å². The number of aliphatic hydroxyl groups excluding tert-OH is 1. The zero-order chi connectivity index (χ0) is 25.9. The van der Waals surface area contributed by atoms with Crippen molar-refractivity contribution in [1.29, 1.82) is 0 Å². The van der Waals surface area contributed by atoms with Crippen molar-refractivity contribution in [2.45, 2.75) is 45.7 Å². The van der Waals surface area contributed by atoms with Crippen LogP contribution in [0.3, 0.4) is 0 Å². The number of carbonyl (C=O) groups excluding carboxylic acids is 2. The molecular formula is C25H30N8O3S. The number of piperidine rings is 1. The molecule has 37 heavy (non-hydrogen) atoms. The number of hydrogen-bond donors (Lipinski definition) is 3. The summed E-state index contributed by atoms with van der Waals surface area (Å²) in [4.78, 5) is 34.0. The lowest BCUT2D eigenvalue weighted by Gasteiger charge is -2.32. The van der Waals surface area contributed by atoms with Gasteiger partial charge >= 0.3 is 0 Å². The number of nitrogens with one attached hydrogen (secondary N) is 2. The van der Waals surface area contributed by atoms with Gasteiger partial charge in [-0.15, -0.1) is 11.3 Å². The summed E-state index contributed by atoms with van der Waals surface area (Å²) in [5.74, 6) is -0.404. The van der Waals surface area contributed by atoms with E-state index in [1.54, 1.807) is 34.6 Å². The molecule has 1 atom stereocenters. The van der Waals surface area contributed by atoms with E-state index >= 15 is 0 Å². The van der Waals surface area contributed by atoms with Gasteiger partial charge in [0.25, 0.3) is 5.91 Å². The fourth-order valence-corrected chi connectivity index (χ4v) is 5.52. The first kappa shape index (κ1) is 25.1. The molecule has 0 radical (unpaired) electrons. The first-order valence-corrected chi connectivity index (χ1v) is 13.2. The van der Waals surface area contributed by atoms with E-state index in [0.717, 1.165) is 29.8 Å². The van der Waals surface area contributed by atoms with E-state index in [0.29, 0.717) is 46.6 Å². The number of amides is 2. The topological polar surface area (TPSA) is 130 Å². The molecule has 1 aliphatic rings. The molecule has 12 heteroatoms. The Kier molecular flexibility index (Phi) is 7.31. The average Bonchev–Trinajstić information content (AvgIpc) is 3.59. The summed E-state index contributed by atoms with van der Waals surface area (Å²) in [5, 5.41) is 23.5. The van der Waals surface area contributed by atoms with E-state index in [2.05, 4.69) is 37.6 Å². The highest BCUT2D eigenvalue weighted by Crippen LogP contribution is 2.31. The highest BCUT2D eigenvalue weighted by Gasteiger charge is 2.21. The molecule has 194 valence electrons. The van der Waals surface area contributed by atoms with Crippen LogP contribution in [0, 0.1) is 6.92 Å². The second-order valence-electron chi connectivity index (χ2n) is 9.29. The van der Waals surface area contributed by atoms with E-state index in [1.807, 2.05) is 12.4 Å². The SMILES string of the molecule is Cc1ncc(NC(=O)CN2CCCC[C@H]2C)cc1NC(=O)c1cnn2cc(-c3cnn(CCO)c3)sc12. The summed E-state index contributed by atoms with van der Waals surface area (Å²) in [6.45, 7) is 5.65. The number of aryl methyl sites for hydroxylation is 1. The molecule has 0 saturated carbocycles. The number of thiazole rings is 1. The van der Waals surface area contributed by atoms with Crippen LogP contribution in [-0.4, -0.2) is 71.9 Å². The Bertz CT molecular complexity index is 1420. The molecule has 1 aliphatic heterocycles. The largest absolute Gasteiger partial charge is 0.394 e. The van der Waals surface area contributed by atoms with E-state index in [-0.39, 0.29) is 18.4 Å². The van der Waals surface area contributed by atoms with Crippen molar-refractivity contribution in [2.75, 3.05) is 30.3 Å². The first-order valence-electron chi connectivity index (χ1n) is 12.3. The molecule has 4 aromatic rings. The monoisotopic (exact) mass is 522 g/mol. The minimum Gasteiger partial charge on any atom is -0.394 e. The van der Waals surface area contributed by atoms with E-state index in [4.69, 9.17) is 5.11 Å². The van der Waals surface area contributed by atoms with E-state index in [9.17, 15) is 9.59 Å². The number of likely N-dealkylation sites (tertiary alicyclic amines) is 1.